The molecule has 3 heterocycles. The van der Waals surface area contributed by atoms with Crippen LogP contribution in [-0.2, 0) is 11.3 Å². The van der Waals surface area contributed by atoms with Gasteiger partial charge in [-0.1, -0.05) is 36.4 Å². The van der Waals surface area contributed by atoms with Gasteiger partial charge in [-0.25, -0.2) is 0 Å². The lowest BCUT2D eigenvalue weighted by molar-refractivity contribution is 0.0374. The summed E-state index contributed by atoms with van der Waals surface area (Å²) in [7, 11) is 0. The number of carbonyl (C=O) groups excluding carboxylic acids is 1. The molecule has 1 N–H and O–H groups in total. The number of rotatable bonds is 8. The molecule has 1 saturated heterocycles. The van der Waals surface area contributed by atoms with Crippen LogP contribution in [0.1, 0.15) is 22.3 Å². The van der Waals surface area contributed by atoms with Crippen LogP contribution in [0.3, 0.4) is 0 Å². The third-order valence-electron chi connectivity index (χ3n) is 4.99. The van der Waals surface area contributed by atoms with E-state index in [-0.39, 0.29) is 5.91 Å². The van der Waals surface area contributed by atoms with Gasteiger partial charge in [0, 0.05) is 25.8 Å². The van der Waals surface area contributed by atoms with E-state index < -0.39 is 0 Å². The van der Waals surface area contributed by atoms with Crippen LogP contribution in [0.4, 0.5) is 0 Å². The number of carbonyl (C=O) groups is 1. The summed E-state index contributed by atoms with van der Waals surface area (Å²) in [6.07, 6.45) is 2.79. The maximum Gasteiger partial charge on any atom is 0.255 e. The fourth-order valence-corrected chi connectivity index (χ4v) is 4.18. The Morgan fingerprint density at radius 3 is 2.72 bits per heavy atom. The Morgan fingerprint density at radius 1 is 1.14 bits per heavy atom. The number of thiophene rings is 1. The SMILES string of the molecule is O=C(NCCCN1CCOCC1)c1cn(Cc2ccccc2)nc1-c1cccs1. The summed E-state index contributed by atoms with van der Waals surface area (Å²) in [4.78, 5) is 16.3. The molecule has 1 aliphatic rings. The number of hydrogen-bond donors (Lipinski definition) is 1. The molecule has 0 atom stereocenters. The van der Waals surface area contributed by atoms with Gasteiger partial charge in [0.1, 0.15) is 5.69 Å². The van der Waals surface area contributed by atoms with Crippen molar-refractivity contribution in [3.8, 4) is 10.6 Å². The molecule has 1 fully saturated rings. The van der Waals surface area contributed by atoms with Crippen LogP contribution in [0, 0.1) is 0 Å². The average molecular weight is 411 g/mol. The molecule has 0 unspecified atom stereocenters. The molecule has 0 aliphatic carbocycles. The van der Waals surface area contributed by atoms with Crippen molar-refractivity contribution in [2.75, 3.05) is 39.4 Å². The van der Waals surface area contributed by atoms with E-state index in [0.717, 1.165) is 55.4 Å². The van der Waals surface area contributed by atoms with Gasteiger partial charge in [0.15, 0.2) is 0 Å². The van der Waals surface area contributed by atoms with Crippen LogP contribution in [0.5, 0.6) is 0 Å². The second-order valence-electron chi connectivity index (χ2n) is 7.12. The topological polar surface area (TPSA) is 59.4 Å². The zero-order valence-corrected chi connectivity index (χ0v) is 17.2. The quantitative estimate of drug-likeness (QED) is 0.580. The molecular weight excluding hydrogens is 384 g/mol. The van der Waals surface area contributed by atoms with Gasteiger partial charge in [-0.15, -0.1) is 11.3 Å². The highest BCUT2D eigenvalue weighted by Gasteiger charge is 2.19. The molecule has 0 bridgehead atoms. The Morgan fingerprint density at radius 2 is 1.97 bits per heavy atom. The van der Waals surface area contributed by atoms with E-state index in [4.69, 9.17) is 9.84 Å². The number of amides is 1. The third kappa shape index (κ3) is 5.32. The van der Waals surface area contributed by atoms with Crippen molar-refractivity contribution in [2.24, 2.45) is 0 Å². The van der Waals surface area contributed by atoms with Crippen LogP contribution >= 0.6 is 11.3 Å². The van der Waals surface area contributed by atoms with Crippen molar-refractivity contribution in [1.29, 1.82) is 0 Å². The molecule has 0 radical (unpaired) electrons. The number of nitrogens with one attached hydrogen (secondary N) is 1. The first-order valence-corrected chi connectivity index (χ1v) is 10.9. The molecule has 1 aliphatic heterocycles. The molecule has 152 valence electrons. The summed E-state index contributed by atoms with van der Waals surface area (Å²) >= 11 is 1.60. The van der Waals surface area contributed by atoms with Gasteiger partial charge in [0.25, 0.3) is 5.91 Å². The van der Waals surface area contributed by atoms with Crippen LogP contribution in [0.25, 0.3) is 10.6 Å². The lowest BCUT2D eigenvalue weighted by Gasteiger charge is -2.26. The molecule has 1 aromatic carbocycles. The first-order valence-electron chi connectivity index (χ1n) is 10.0. The normalized spacial score (nSPS) is 14.8. The minimum atomic E-state index is -0.0605. The van der Waals surface area contributed by atoms with E-state index in [1.807, 2.05) is 46.6 Å². The molecule has 7 heteroatoms. The van der Waals surface area contributed by atoms with Gasteiger partial charge in [-0.05, 0) is 30.0 Å². The number of aromatic nitrogens is 2. The second-order valence-corrected chi connectivity index (χ2v) is 8.06. The van der Waals surface area contributed by atoms with Gasteiger partial charge in [0.05, 0.1) is 30.2 Å². The summed E-state index contributed by atoms with van der Waals surface area (Å²) in [6, 6.07) is 14.2. The maximum atomic E-state index is 12.9. The summed E-state index contributed by atoms with van der Waals surface area (Å²) in [5.74, 6) is -0.0605. The Bertz CT molecular complexity index is 902. The molecule has 0 saturated carbocycles. The van der Waals surface area contributed by atoms with Crippen LogP contribution in [0.15, 0.2) is 54.0 Å². The Labute approximate surface area is 175 Å². The molecule has 1 amide bonds. The summed E-state index contributed by atoms with van der Waals surface area (Å²) in [5, 5.41) is 9.80. The minimum absolute atomic E-state index is 0.0605. The van der Waals surface area contributed by atoms with Crippen molar-refractivity contribution in [2.45, 2.75) is 13.0 Å². The fraction of sp³-hybridized carbons (Fsp3) is 0.364. The first kappa shape index (κ1) is 19.8. The largest absolute Gasteiger partial charge is 0.379 e. The molecule has 4 rings (SSSR count). The average Bonchev–Trinajstić information content (AvgIpc) is 3.42. The number of ether oxygens (including phenoxy) is 1. The highest BCUT2D eigenvalue weighted by molar-refractivity contribution is 7.13. The molecule has 3 aromatic rings. The number of benzene rings is 1. The van der Waals surface area contributed by atoms with Crippen LogP contribution in [-0.4, -0.2) is 60.0 Å². The molecular formula is C22H26N4O2S. The van der Waals surface area contributed by atoms with Gasteiger partial charge in [-0.3, -0.25) is 14.4 Å². The zero-order chi connectivity index (χ0) is 19.9. The maximum absolute atomic E-state index is 12.9. The summed E-state index contributed by atoms with van der Waals surface area (Å²) < 4.78 is 7.23. The predicted octanol–water partition coefficient (Wildman–Crippen LogP) is 3.11. The van der Waals surface area contributed by atoms with E-state index >= 15 is 0 Å². The van der Waals surface area contributed by atoms with Crippen molar-refractivity contribution in [3.05, 3.63) is 65.2 Å². The summed E-state index contributed by atoms with van der Waals surface area (Å²) in [5.41, 5.74) is 2.54. The zero-order valence-electron chi connectivity index (χ0n) is 16.4. The lowest BCUT2D eigenvalue weighted by Crippen LogP contribution is -2.38. The monoisotopic (exact) mass is 410 g/mol. The van der Waals surface area contributed by atoms with E-state index in [9.17, 15) is 4.79 Å². The Hall–Kier alpha value is -2.48. The van der Waals surface area contributed by atoms with Crippen molar-refractivity contribution >= 4 is 17.2 Å². The van der Waals surface area contributed by atoms with Crippen molar-refractivity contribution in [1.82, 2.24) is 20.0 Å². The van der Waals surface area contributed by atoms with Gasteiger partial charge < -0.3 is 10.1 Å². The van der Waals surface area contributed by atoms with E-state index in [2.05, 4.69) is 22.3 Å². The molecule has 2 aromatic heterocycles. The predicted molar refractivity (Wildman–Crippen MR) is 115 cm³/mol. The molecule has 29 heavy (non-hydrogen) atoms. The standard InChI is InChI=1S/C22H26N4O2S/c27-22(23-9-5-10-25-11-13-28-14-12-25)19-17-26(16-18-6-2-1-3-7-18)24-21(19)20-8-4-15-29-20/h1-4,6-8,15,17H,5,9-14,16H2,(H,23,27). The number of morpholine rings is 1. The summed E-state index contributed by atoms with van der Waals surface area (Å²) in [6.45, 7) is 5.84. The molecule has 0 spiro atoms. The van der Waals surface area contributed by atoms with Crippen molar-refractivity contribution < 1.29 is 9.53 Å². The lowest BCUT2D eigenvalue weighted by atomic mass is 10.2. The first-order chi connectivity index (χ1) is 14.3. The van der Waals surface area contributed by atoms with Crippen LogP contribution < -0.4 is 5.32 Å². The smallest absolute Gasteiger partial charge is 0.255 e. The van der Waals surface area contributed by atoms with Gasteiger partial charge >= 0.3 is 0 Å². The van der Waals surface area contributed by atoms with Gasteiger partial charge in [-0.2, -0.15) is 5.10 Å². The Kier molecular flexibility index (Phi) is 6.71. The Balaban J connectivity index is 1.41. The minimum Gasteiger partial charge on any atom is -0.379 e. The number of nitrogens with zero attached hydrogens (tertiary/aromatic N) is 3. The van der Waals surface area contributed by atoms with E-state index in [1.54, 1.807) is 11.3 Å². The van der Waals surface area contributed by atoms with Gasteiger partial charge in [0.2, 0.25) is 0 Å². The number of hydrogen-bond acceptors (Lipinski definition) is 5. The van der Waals surface area contributed by atoms with Crippen molar-refractivity contribution in [3.63, 3.8) is 0 Å². The highest BCUT2D eigenvalue weighted by Crippen LogP contribution is 2.27. The fourth-order valence-electron chi connectivity index (χ4n) is 3.46. The van der Waals surface area contributed by atoms with E-state index in [0.29, 0.717) is 18.7 Å². The van der Waals surface area contributed by atoms with E-state index in [1.165, 1.54) is 0 Å². The van der Waals surface area contributed by atoms with Crippen LogP contribution in [0.2, 0.25) is 0 Å². The molecule has 6 nitrogen and oxygen atoms in total. The highest BCUT2D eigenvalue weighted by atomic mass is 32.1. The second kappa shape index (κ2) is 9.82. The third-order valence-corrected chi connectivity index (χ3v) is 5.87.